The first-order valence-corrected chi connectivity index (χ1v) is 31.6. The molecule has 3 rings (SSSR count). The van der Waals surface area contributed by atoms with E-state index in [1.54, 1.807) is 0 Å². The largest absolute Gasteiger partial charge is 0.394 e. The highest BCUT2D eigenvalue weighted by Gasteiger charge is 2.53. The molecule has 19 heteroatoms. The van der Waals surface area contributed by atoms with Crippen molar-refractivity contribution >= 4 is 5.91 Å². The van der Waals surface area contributed by atoms with Crippen LogP contribution >= 0.6 is 0 Å². The monoisotopic (exact) mass is 1150 g/mol. The summed E-state index contributed by atoms with van der Waals surface area (Å²) in [6, 6.07) is -0.892. The van der Waals surface area contributed by atoms with Gasteiger partial charge < -0.3 is 89.9 Å². The zero-order valence-electron chi connectivity index (χ0n) is 49.1. The smallest absolute Gasteiger partial charge is 0.220 e. The second-order valence-electron chi connectivity index (χ2n) is 22.9. The predicted octanol–water partition coefficient (Wildman–Crippen LogP) is 6.32. The van der Waals surface area contributed by atoms with E-state index in [-0.39, 0.29) is 18.9 Å². The number of unbranched alkanes of at least 4 members (excludes halogenated alkanes) is 27. The van der Waals surface area contributed by atoms with Gasteiger partial charge >= 0.3 is 0 Å². The van der Waals surface area contributed by atoms with E-state index in [1.807, 2.05) is 0 Å². The van der Waals surface area contributed by atoms with E-state index < -0.39 is 124 Å². The van der Waals surface area contributed by atoms with Crippen LogP contribution in [0.1, 0.15) is 226 Å². The minimum atomic E-state index is -1.97. The van der Waals surface area contributed by atoms with Crippen molar-refractivity contribution < 1.29 is 89.4 Å². The summed E-state index contributed by atoms with van der Waals surface area (Å²) in [6.07, 6.45) is 19.8. The Morgan fingerprint density at radius 2 is 0.850 bits per heavy atom. The zero-order valence-corrected chi connectivity index (χ0v) is 49.1. The van der Waals surface area contributed by atoms with Crippen LogP contribution in [0.15, 0.2) is 24.3 Å². The highest BCUT2D eigenvalue weighted by atomic mass is 16.8. The zero-order chi connectivity index (χ0) is 58.3. The van der Waals surface area contributed by atoms with Crippen molar-refractivity contribution in [2.24, 2.45) is 0 Å². The van der Waals surface area contributed by atoms with E-state index in [4.69, 9.17) is 28.4 Å². The predicted molar refractivity (Wildman–Crippen MR) is 305 cm³/mol. The first-order chi connectivity index (χ1) is 38.8. The molecule has 17 atom stereocenters. The van der Waals surface area contributed by atoms with Crippen LogP contribution in [-0.2, 0) is 33.2 Å². The molecule has 3 heterocycles. The van der Waals surface area contributed by atoms with Gasteiger partial charge in [0.05, 0.1) is 38.6 Å². The third kappa shape index (κ3) is 28.0. The van der Waals surface area contributed by atoms with Gasteiger partial charge in [-0.05, 0) is 38.5 Å². The summed E-state index contributed by atoms with van der Waals surface area (Å²) in [6.45, 7) is 1.72. The average molecular weight is 1150 g/mol. The number of nitrogens with one attached hydrogen (secondary N) is 1. The third-order valence-corrected chi connectivity index (χ3v) is 16.0. The first kappa shape index (κ1) is 72.5. The fourth-order valence-electron chi connectivity index (χ4n) is 10.8. The molecule has 0 bridgehead atoms. The van der Waals surface area contributed by atoms with Crippen molar-refractivity contribution in [2.45, 2.75) is 330 Å². The number of carbonyl (C=O) groups is 1. The molecule has 0 aromatic heterocycles. The molecule has 3 aliphatic heterocycles. The van der Waals surface area contributed by atoms with Crippen LogP contribution in [0.3, 0.4) is 0 Å². The number of hydrogen-bond acceptors (Lipinski definition) is 18. The van der Waals surface area contributed by atoms with Crippen LogP contribution in [0.25, 0.3) is 0 Å². The summed E-state index contributed by atoms with van der Waals surface area (Å²) in [5.74, 6) is -0.257. The second-order valence-corrected chi connectivity index (χ2v) is 22.9. The number of hydrogen-bond donors (Lipinski definition) is 12. The fourth-order valence-corrected chi connectivity index (χ4v) is 10.8. The first-order valence-electron chi connectivity index (χ1n) is 31.6. The van der Waals surface area contributed by atoms with E-state index in [1.165, 1.54) is 116 Å². The van der Waals surface area contributed by atoms with Crippen LogP contribution in [0.4, 0.5) is 0 Å². The lowest BCUT2D eigenvalue weighted by molar-refractivity contribution is -0.379. The second kappa shape index (κ2) is 44.7. The third-order valence-electron chi connectivity index (χ3n) is 16.0. The van der Waals surface area contributed by atoms with Crippen molar-refractivity contribution in [1.29, 1.82) is 0 Å². The number of amides is 1. The fraction of sp³-hybridized carbons (Fsp3) is 0.918. The minimum Gasteiger partial charge on any atom is -0.394 e. The molecule has 0 aromatic rings. The van der Waals surface area contributed by atoms with Crippen molar-refractivity contribution in [2.75, 3.05) is 26.4 Å². The Bertz CT molecular complexity index is 1560. The molecule has 0 radical (unpaired) electrons. The van der Waals surface area contributed by atoms with Crippen LogP contribution in [0, 0.1) is 0 Å². The molecule has 0 saturated carbocycles. The van der Waals surface area contributed by atoms with Crippen LogP contribution in [0.2, 0.25) is 0 Å². The summed E-state index contributed by atoms with van der Waals surface area (Å²) in [7, 11) is 0. The molecular formula is C61H113NO18. The SMILES string of the molecule is CCC/C=C\C/C=C\CCCCCCCC(=O)NC(COC1OC(CO)C(OC2OC(CO)C(OC3OC(CO)C(O)C(O)C3O)C(O)C2O)C(O)C1O)C(O)CCCCCCCCCCCCCCCCCCCCCCCC. The van der Waals surface area contributed by atoms with E-state index >= 15 is 0 Å². The number of rotatable bonds is 47. The van der Waals surface area contributed by atoms with Crippen molar-refractivity contribution in [1.82, 2.24) is 5.32 Å². The molecule has 80 heavy (non-hydrogen) atoms. The highest BCUT2D eigenvalue weighted by molar-refractivity contribution is 5.76. The quantitative estimate of drug-likeness (QED) is 0.0234. The molecule has 0 aromatic carbocycles. The van der Waals surface area contributed by atoms with Gasteiger partial charge in [0.25, 0.3) is 0 Å². The Labute approximate surface area is 479 Å². The summed E-state index contributed by atoms with van der Waals surface area (Å²) in [5.41, 5.74) is 0. The Morgan fingerprint density at radius 1 is 0.450 bits per heavy atom. The topological polar surface area (TPSA) is 307 Å². The van der Waals surface area contributed by atoms with E-state index in [0.29, 0.717) is 12.8 Å². The van der Waals surface area contributed by atoms with Crippen LogP contribution in [0.5, 0.6) is 0 Å². The number of allylic oxidation sites excluding steroid dienone is 4. The van der Waals surface area contributed by atoms with Gasteiger partial charge in [0, 0.05) is 6.42 Å². The summed E-state index contributed by atoms with van der Waals surface area (Å²) in [5, 5.41) is 120. The molecule has 3 saturated heterocycles. The summed E-state index contributed by atoms with van der Waals surface area (Å²) in [4.78, 5) is 13.3. The van der Waals surface area contributed by atoms with E-state index in [2.05, 4.69) is 43.5 Å². The molecule has 19 nitrogen and oxygen atoms in total. The van der Waals surface area contributed by atoms with Gasteiger partial charge in [-0.3, -0.25) is 4.79 Å². The standard InChI is InChI=1S/C61H113NO18/c1-3-5-7-9-11-13-15-17-18-19-20-21-22-23-24-25-27-28-30-32-34-36-38-45(66)44(62-49(67)39-37-35-33-31-29-26-16-14-12-10-8-6-4-2)43-75-59-55(73)52(70)57(47(41-64)77-59)80-61-56(74)53(71)58(48(42-65)78-61)79-60-54(72)51(69)50(68)46(40-63)76-60/h8,10,14,16,44-48,50-61,63-66,68-74H,3-7,9,11-13,15,17-43H2,1-2H3,(H,62,67)/b10-8-,16-14-. The normalized spacial score (nSPS) is 30.1. The maximum absolute atomic E-state index is 13.3. The van der Waals surface area contributed by atoms with Gasteiger partial charge in [0.1, 0.15) is 73.2 Å². The van der Waals surface area contributed by atoms with Gasteiger partial charge in [-0.1, -0.05) is 205 Å². The number of aliphatic hydroxyl groups is 11. The summed E-state index contributed by atoms with van der Waals surface area (Å²) < 4.78 is 34.3. The number of aliphatic hydroxyl groups excluding tert-OH is 11. The molecule has 3 aliphatic rings. The van der Waals surface area contributed by atoms with E-state index in [0.717, 1.165) is 77.0 Å². The summed E-state index contributed by atoms with van der Waals surface area (Å²) >= 11 is 0. The van der Waals surface area contributed by atoms with Crippen molar-refractivity contribution in [3.05, 3.63) is 24.3 Å². The Balaban J connectivity index is 1.46. The molecule has 470 valence electrons. The van der Waals surface area contributed by atoms with Crippen molar-refractivity contribution in [3.8, 4) is 0 Å². The lowest BCUT2D eigenvalue weighted by Crippen LogP contribution is -2.66. The Morgan fingerprint density at radius 3 is 1.32 bits per heavy atom. The molecule has 1 amide bonds. The molecule has 0 aliphatic carbocycles. The molecule has 12 N–H and O–H groups in total. The minimum absolute atomic E-state index is 0.251. The van der Waals surface area contributed by atoms with Gasteiger partial charge in [-0.2, -0.15) is 0 Å². The molecule has 0 spiro atoms. The molecular weight excluding hydrogens is 1030 g/mol. The maximum atomic E-state index is 13.3. The van der Waals surface area contributed by atoms with Crippen molar-refractivity contribution in [3.63, 3.8) is 0 Å². The van der Waals surface area contributed by atoms with Gasteiger partial charge in [-0.25, -0.2) is 0 Å². The average Bonchev–Trinajstić information content (AvgIpc) is 3.46. The van der Waals surface area contributed by atoms with Gasteiger partial charge in [-0.15, -0.1) is 0 Å². The number of ether oxygens (including phenoxy) is 6. The Hall–Kier alpha value is -1.73. The molecule has 17 unspecified atom stereocenters. The Kier molecular flexibility index (Phi) is 40.5. The maximum Gasteiger partial charge on any atom is 0.220 e. The molecule has 3 fully saturated rings. The van der Waals surface area contributed by atoms with Gasteiger partial charge in [0.15, 0.2) is 18.9 Å². The van der Waals surface area contributed by atoms with Crippen LogP contribution < -0.4 is 5.32 Å². The van der Waals surface area contributed by atoms with Gasteiger partial charge in [0.2, 0.25) is 5.91 Å². The number of carbonyl (C=O) groups excluding carboxylic acids is 1. The highest BCUT2D eigenvalue weighted by Crippen LogP contribution is 2.33. The lowest BCUT2D eigenvalue weighted by Gasteiger charge is -2.48. The lowest BCUT2D eigenvalue weighted by atomic mass is 9.96. The van der Waals surface area contributed by atoms with Crippen LogP contribution in [-0.4, -0.2) is 193 Å². The van der Waals surface area contributed by atoms with E-state index in [9.17, 15) is 61.0 Å².